The Morgan fingerprint density at radius 3 is 2.97 bits per heavy atom. The molecule has 0 bridgehead atoms. The molecule has 1 atom stereocenters. The number of para-hydroxylation sites is 1. The Bertz CT molecular complexity index is 1180. The fourth-order valence-corrected chi connectivity index (χ4v) is 4.38. The first kappa shape index (κ1) is 20.5. The van der Waals surface area contributed by atoms with E-state index in [1.807, 2.05) is 31.2 Å². The smallest absolute Gasteiger partial charge is 0.325 e. The lowest BCUT2D eigenvalue weighted by molar-refractivity contribution is -0.759. The van der Waals surface area contributed by atoms with Gasteiger partial charge in [-0.05, 0) is 51.8 Å². The lowest BCUT2D eigenvalue weighted by Gasteiger charge is -2.23. The van der Waals surface area contributed by atoms with Gasteiger partial charge in [-0.2, -0.15) is 0 Å². The second kappa shape index (κ2) is 8.53. The van der Waals surface area contributed by atoms with Crippen LogP contribution in [-0.2, 0) is 0 Å². The summed E-state index contributed by atoms with van der Waals surface area (Å²) in [5.41, 5.74) is 2.61. The minimum Gasteiger partial charge on any atom is -0.503 e. The number of hydrogen-bond acceptors (Lipinski definition) is 6. The van der Waals surface area contributed by atoms with Gasteiger partial charge in [-0.25, -0.2) is 0 Å². The van der Waals surface area contributed by atoms with Gasteiger partial charge in [0.05, 0.1) is 22.3 Å². The van der Waals surface area contributed by atoms with Crippen LogP contribution in [0.5, 0.6) is 11.5 Å². The van der Waals surface area contributed by atoms with Crippen LogP contribution in [-0.4, -0.2) is 27.5 Å². The Kier molecular flexibility index (Phi) is 5.83. The van der Waals surface area contributed by atoms with Crippen LogP contribution in [0.3, 0.4) is 0 Å². The van der Waals surface area contributed by atoms with Crippen LogP contribution in [0.2, 0.25) is 0 Å². The number of fused-ring (bicyclic) bond motifs is 3. The van der Waals surface area contributed by atoms with Crippen molar-refractivity contribution in [3.63, 3.8) is 0 Å². The van der Waals surface area contributed by atoms with Crippen LogP contribution in [0, 0.1) is 0 Å². The summed E-state index contributed by atoms with van der Waals surface area (Å²) in [7, 11) is 0. The number of aromatic nitrogens is 3. The van der Waals surface area contributed by atoms with Gasteiger partial charge in [0.15, 0.2) is 11.5 Å². The van der Waals surface area contributed by atoms with Gasteiger partial charge in [0.2, 0.25) is 5.16 Å². The normalized spacial score (nSPS) is 14.4. The molecule has 0 spiro atoms. The van der Waals surface area contributed by atoms with Crippen LogP contribution >= 0.6 is 27.7 Å². The minimum absolute atomic E-state index is 0.0307. The molecule has 0 saturated carbocycles. The first-order chi connectivity index (χ1) is 14.5. The second-order valence-corrected chi connectivity index (χ2v) is 8.39. The molecular formula is C21H20BrN4O3S+. The predicted octanol–water partition coefficient (Wildman–Crippen LogP) is 3.84. The SMILES string of the molecule is C=CCSc1n[n+]2c(c(=O)[nH]1)-c1ccccc1N[C@H]2c1cc(Br)c(O)c(OCC)c1. The van der Waals surface area contributed by atoms with Crippen molar-refractivity contribution in [3.8, 4) is 22.8 Å². The van der Waals surface area contributed by atoms with E-state index >= 15 is 0 Å². The third-order valence-corrected chi connectivity index (χ3v) is 6.05. The highest BCUT2D eigenvalue weighted by molar-refractivity contribution is 9.10. The van der Waals surface area contributed by atoms with Crippen LogP contribution < -0.4 is 20.3 Å². The Morgan fingerprint density at radius 2 is 2.20 bits per heavy atom. The van der Waals surface area contributed by atoms with Gasteiger partial charge in [0.25, 0.3) is 6.17 Å². The molecule has 0 unspecified atom stereocenters. The van der Waals surface area contributed by atoms with Crippen molar-refractivity contribution >= 4 is 33.4 Å². The summed E-state index contributed by atoms with van der Waals surface area (Å²) < 4.78 is 7.77. The predicted molar refractivity (Wildman–Crippen MR) is 120 cm³/mol. The molecular weight excluding hydrogens is 468 g/mol. The maximum atomic E-state index is 13.0. The molecule has 0 radical (unpaired) electrons. The number of nitrogens with zero attached hydrogens (tertiary/aromatic N) is 2. The van der Waals surface area contributed by atoms with Gasteiger partial charge >= 0.3 is 11.3 Å². The summed E-state index contributed by atoms with van der Waals surface area (Å²) in [5.74, 6) is 1.01. The standard InChI is InChI=1S/C21H19BrN4O3S/c1-3-9-30-21-24-20(28)17-13-7-5-6-8-15(13)23-19(26(17)25-21)12-10-14(22)18(27)16(11-12)29-4-2/h3,5-8,10-11,19H,1,4,9H2,2H3,(H2,24,25,27,28)/p+1/t19-/m1/s1. The molecule has 0 amide bonds. The van der Waals surface area contributed by atoms with Gasteiger partial charge in [-0.3, -0.25) is 9.78 Å². The Balaban J connectivity index is 1.92. The summed E-state index contributed by atoms with van der Waals surface area (Å²) in [6, 6.07) is 11.1. The average molecular weight is 488 g/mol. The van der Waals surface area contributed by atoms with Gasteiger partial charge in [0.1, 0.15) is 0 Å². The van der Waals surface area contributed by atoms with E-state index in [0.29, 0.717) is 33.4 Å². The average Bonchev–Trinajstić information content (AvgIpc) is 2.74. The molecule has 9 heteroatoms. The van der Waals surface area contributed by atoms with Crippen molar-refractivity contribution in [1.29, 1.82) is 0 Å². The zero-order valence-corrected chi connectivity index (χ0v) is 18.6. The highest BCUT2D eigenvalue weighted by atomic mass is 79.9. The minimum atomic E-state index is -0.476. The van der Waals surface area contributed by atoms with E-state index in [1.165, 1.54) is 11.8 Å². The number of aromatic amines is 1. The highest BCUT2D eigenvalue weighted by Crippen LogP contribution is 2.39. The van der Waals surface area contributed by atoms with E-state index < -0.39 is 6.17 Å². The number of thioether (sulfide) groups is 1. The van der Waals surface area contributed by atoms with Crippen molar-refractivity contribution < 1.29 is 14.5 Å². The maximum Gasteiger partial charge on any atom is 0.325 e. The summed E-state index contributed by atoms with van der Waals surface area (Å²) in [4.78, 5) is 15.9. The van der Waals surface area contributed by atoms with Crippen LogP contribution in [0.15, 0.2) is 63.5 Å². The first-order valence-corrected chi connectivity index (χ1v) is 11.1. The zero-order valence-electron chi connectivity index (χ0n) is 16.2. The summed E-state index contributed by atoms with van der Waals surface area (Å²) in [6.07, 6.45) is 1.28. The van der Waals surface area contributed by atoms with E-state index in [2.05, 4.69) is 32.8 Å². The van der Waals surface area contributed by atoms with Gasteiger partial charge in [-0.15, -0.1) is 6.58 Å². The number of hydrogen-bond donors (Lipinski definition) is 3. The molecule has 2 aromatic carbocycles. The van der Waals surface area contributed by atoms with Crippen molar-refractivity contribution in [2.24, 2.45) is 0 Å². The monoisotopic (exact) mass is 487 g/mol. The lowest BCUT2D eigenvalue weighted by Crippen LogP contribution is -2.55. The second-order valence-electron chi connectivity index (χ2n) is 6.53. The topological polar surface area (TPSA) is 91.1 Å². The number of anilines is 1. The largest absolute Gasteiger partial charge is 0.503 e. The molecule has 0 aliphatic carbocycles. The number of phenols is 1. The summed E-state index contributed by atoms with van der Waals surface area (Å²) >= 11 is 4.79. The molecule has 30 heavy (non-hydrogen) atoms. The molecule has 1 aromatic heterocycles. The molecule has 154 valence electrons. The number of H-pyrrole nitrogens is 1. The molecule has 0 saturated heterocycles. The van der Waals surface area contributed by atoms with E-state index in [0.717, 1.165) is 16.8 Å². The number of phenolic OH excluding ortho intramolecular Hbond substituents is 1. The van der Waals surface area contributed by atoms with Crippen LogP contribution in [0.1, 0.15) is 18.7 Å². The first-order valence-electron chi connectivity index (χ1n) is 9.34. The quantitative estimate of drug-likeness (QED) is 0.278. The maximum absolute atomic E-state index is 13.0. The Labute approximate surface area is 185 Å². The lowest BCUT2D eigenvalue weighted by atomic mass is 10.0. The molecule has 3 aromatic rings. The van der Waals surface area contributed by atoms with Crippen molar-refractivity contribution in [2.45, 2.75) is 18.2 Å². The third kappa shape index (κ3) is 3.70. The molecule has 3 N–H and O–H groups in total. The van der Waals surface area contributed by atoms with E-state index in [4.69, 9.17) is 9.84 Å². The Morgan fingerprint density at radius 1 is 1.40 bits per heavy atom. The van der Waals surface area contributed by atoms with Crippen molar-refractivity contribution in [1.82, 2.24) is 10.1 Å². The molecule has 2 heterocycles. The van der Waals surface area contributed by atoms with Gasteiger partial charge in [0, 0.05) is 16.4 Å². The molecule has 0 fully saturated rings. The fraction of sp³-hybridized carbons (Fsp3) is 0.190. The highest BCUT2D eigenvalue weighted by Gasteiger charge is 2.38. The molecule has 1 aliphatic heterocycles. The molecule has 4 rings (SSSR count). The van der Waals surface area contributed by atoms with Crippen molar-refractivity contribution in [2.75, 3.05) is 17.7 Å². The number of benzene rings is 2. The number of nitrogens with one attached hydrogen (secondary N) is 2. The summed E-state index contributed by atoms with van der Waals surface area (Å²) in [6.45, 7) is 5.98. The number of rotatable bonds is 6. The zero-order chi connectivity index (χ0) is 21.3. The Hall–Kier alpha value is -2.78. The van der Waals surface area contributed by atoms with E-state index in [-0.39, 0.29) is 11.3 Å². The molecule has 1 aliphatic rings. The molecule has 7 nitrogen and oxygen atoms in total. The van der Waals surface area contributed by atoms with Crippen molar-refractivity contribution in [3.05, 3.63) is 69.4 Å². The third-order valence-electron chi connectivity index (χ3n) is 4.59. The van der Waals surface area contributed by atoms with E-state index in [9.17, 15) is 9.90 Å². The fourth-order valence-electron chi connectivity index (χ4n) is 3.33. The van der Waals surface area contributed by atoms with Gasteiger partial charge < -0.3 is 15.2 Å². The van der Waals surface area contributed by atoms with Crippen LogP contribution in [0.4, 0.5) is 5.69 Å². The summed E-state index contributed by atoms with van der Waals surface area (Å²) in [5, 5.41) is 19.0. The number of ether oxygens (including phenoxy) is 1. The van der Waals surface area contributed by atoms with E-state index in [1.54, 1.807) is 22.9 Å². The van der Waals surface area contributed by atoms with Gasteiger partial charge in [-0.1, -0.05) is 30.0 Å². The van der Waals surface area contributed by atoms with Crippen LogP contribution in [0.25, 0.3) is 11.3 Å². The number of aromatic hydroxyl groups is 1. The number of halogens is 1.